The highest BCUT2D eigenvalue weighted by atomic mass is 19.1. The van der Waals surface area contributed by atoms with Crippen LogP contribution in [-0.4, -0.2) is 58.0 Å². The standard InChI is InChI=1S/C30H25F2N9O2/c31-21-3-1-19(2-4-21)28-29(40(17-34-28)23-8-11-39(12-9-23)14-22-16-43-18-35-22)24-5-6-27-36-26(15-41(27)38-24)37-30(42)20-7-10-33-25(32)13-20/h1-7,10,13,15-18,23H,8-9,11-12,14H2,(H,37,42). The van der Waals surface area contributed by atoms with Crippen molar-refractivity contribution in [2.45, 2.75) is 25.4 Å². The summed E-state index contributed by atoms with van der Waals surface area (Å²) in [4.78, 5) is 31.9. The molecule has 1 saturated heterocycles. The Bertz CT molecular complexity index is 1890. The second-order valence-corrected chi connectivity index (χ2v) is 10.3. The predicted octanol–water partition coefficient (Wildman–Crippen LogP) is 5.01. The van der Waals surface area contributed by atoms with Crippen molar-refractivity contribution in [2.75, 3.05) is 18.4 Å². The van der Waals surface area contributed by atoms with Gasteiger partial charge >= 0.3 is 0 Å². The average molecular weight is 582 g/mol. The number of imidazole rings is 2. The molecule has 7 rings (SSSR count). The van der Waals surface area contributed by atoms with Crippen molar-refractivity contribution >= 4 is 17.4 Å². The van der Waals surface area contributed by atoms with Crippen LogP contribution in [0.4, 0.5) is 14.6 Å². The van der Waals surface area contributed by atoms with Crippen LogP contribution in [0.5, 0.6) is 0 Å². The van der Waals surface area contributed by atoms with Gasteiger partial charge in [0.2, 0.25) is 5.95 Å². The Morgan fingerprint density at radius 2 is 1.86 bits per heavy atom. The molecule has 0 unspecified atom stereocenters. The molecule has 0 aliphatic carbocycles. The van der Waals surface area contributed by atoms with E-state index in [0.717, 1.165) is 55.5 Å². The summed E-state index contributed by atoms with van der Waals surface area (Å²) in [5.41, 5.74) is 4.43. The Balaban J connectivity index is 1.20. The normalized spacial score (nSPS) is 14.4. The molecule has 216 valence electrons. The van der Waals surface area contributed by atoms with Crippen molar-refractivity contribution in [3.05, 3.63) is 103 Å². The van der Waals surface area contributed by atoms with Crippen LogP contribution in [0, 0.1) is 11.8 Å². The zero-order valence-electron chi connectivity index (χ0n) is 22.8. The summed E-state index contributed by atoms with van der Waals surface area (Å²) in [6.45, 7) is 2.48. The van der Waals surface area contributed by atoms with Gasteiger partial charge in [0.1, 0.15) is 17.8 Å². The Labute approximate surface area is 243 Å². The maximum absolute atomic E-state index is 13.8. The number of anilines is 1. The molecular formula is C30H25F2N9O2. The van der Waals surface area contributed by atoms with E-state index in [9.17, 15) is 13.6 Å². The molecule has 0 spiro atoms. The minimum Gasteiger partial charge on any atom is -0.451 e. The number of aromatic nitrogens is 7. The van der Waals surface area contributed by atoms with E-state index in [1.54, 1.807) is 35.2 Å². The first-order chi connectivity index (χ1) is 21.0. The maximum atomic E-state index is 13.8. The summed E-state index contributed by atoms with van der Waals surface area (Å²) < 4.78 is 36.1. The molecule has 6 aromatic rings. The van der Waals surface area contributed by atoms with Crippen molar-refractivity contribution in [1.82, 2.24) is 39.0 Å². The number of nitrogens with one attached hydrogen (secondary N) is 1. The minimum atomic E-state index is -0.747. The van der Waals surface area contributed by atoms with Crippen molar-refractivity contribution in [3.63, 3.8) is 0 Å². The molecule has 1 amide bonds. The Kier molecular flexibility index (Phi) is 6.91. The third-order valence-corrected chi connectivity index (χ3v) is 7.52. The van der Waals surface area contributed by atoms with Gasteiger partial charge in [-0.2, -0.15) is 9.49 Å². The number of benzene rings is 1. The highest BCUT2D eigenvalue weighted by molar-refractivity contribution is 6.03. The first-order valence-electron chi connectivity index (χ1n) is 13.7. The number of likely N-dealkylation sites (tertiary alicyclic amines) is 1. The fourth-order valence-electron chi connectivity index (χ4n) is 5.41. The fourth-order valence-corrected chi connectivity index (χ4v) is 5.41. The van der Waals surface area contributed by atoms with Gasteiger partial charge in [-0.1, -0.05) is 0 Å². The Morgan fingerprint density at radius 1 is 1.02 bits per heavy atom. The number of halogens is 2. The number of carbonyl (C=O) groups excluding carboxylic acids is 1. The first-order valence-corrected chi connectivity index (χ1v) is 13.7. The Hall–Kier alpha value is -5.30. The third kappa shape index (κ3) is 5.49. The highest BCUT2D eigenvalue weighted by Gasteiger charge is 2.26. The van der Waals surface area contributed by atoms with E-state index in [1.807, 2.05) is 12.4 Å². The minimum absolute atomic E-state index is 0.123. The van der Waals surface area contributed by atoms with E-state index in [2.05, 4.69) is 29.7 Å². The number of pyridine rings is 1. The van der Waals surface area contributed by atoms with Gasteiger partial charge < -0.3 is 14.3 Å². The van der Waals surface area contributed by atoms with Crippen LogP contribution in [0.2, 0.25) is 0 Å². The first kappa shape index (κ1) is 26.6. The van der Waals surface area contributed by atoms with Crippen molar-refractivity contribution < 1.29 is 18.0 Å². The molecule has 0 atom stereocenters. The summed E-state index contributed by atoms with van der Waals surface area (Å²) in [7, 11) is 0. The van der Waals surface area contributed by atoms with Gasteiger partial charge in [0.15, 0.2) is 17.9 Å². The maximum Gasteiger partial charge on any atom is 0.257 e. The summed E-state index contributed by atoms with van der Waals surface area (Å²) in [5, 5.41) is 7.51. The van der Waals surface area contributed by atoms with Crippen LogP contribution in [0.25, 0.3) is 28.3 Å². The van der Waals surface area contributed by atoms with Gasteiger partial charge in [-0.05, 0) is 55.3 Å². The van der Waals surface area contributed by atoms with E-state index in [1.165, 1.54) is 30.8 Å². The number of hydrogen-bond donors (Lipinski definition) is 1. The SMILES string of the molecule is O=C(Nc1cn2nc(-c3c(-c4ccc(F)cc4)ncn3C3CCN(Cc4cocn4)CC3)ccc2n1)c1ccnc(F)c1. The van der Waals surface area contributed by atoms with Crippen LogP contribution in [0.15, 0.2) is 84.3 Å². The van der Waals surface area contributed by atoms with Crippen molar-refractivity contribution in [2.24, 2.45) is 0 Å². The molecule has 0 bridgehead atoms. The lowest BCUT2D eigenvalue weighted by Gasteiger charge is -2.32. The van der Waals surface area contributed by atoms with Gasteiger partial charge in [-0.15, -0.1) is 0 Å². The Morgan fingerprint density at radius 3 is 2.63 bits per heavy atom. The lowest BCUT2D eigenvalue weighted by molar-refractivity contribution is 0.102. The number of nitrogens with zero attached hydrogens (tertiary/aromatic N) is 8. The number of fused-ring (bicyclic) bond motifs is 1. The number of rotatable bonds is 7. The fraction of sp³-hybridized carbons (Fsp3) is 0.200. The molecule has 13 heteroatoms. The van der Waals surface area contributed by atoms with Gasteiger partial charge in [-0.25, -0.2) is 28.8 Å². The predicted molar refractivity (Wildman–Crippen MR) is 152 cm³/mol. The summed E-state index contributed by atoms with van der Waals surface area (Å²) in [6.07, 6.45) is 9.54. The molecule has 11 nitrogen and oxygen atoms in total. The number of amides is 1. The quantitative estimate of drug-likeness (QED) is 0.262. The lowest BCUT2D eigenvalue weighted by Crippen LogP contribution is -2.34. The molecule has 1 N–H and O–H groups in total. The molecular weight excluding hydrogens is 556 g/mol. The van der Waals surface area contributed by atoms with E-state index in [0.29, 0.717) is 17.0 Å². The highest BCUT2D eigenvalue weighted by Crippen LogP contribution is 2.35. The number of piperidine rings is 1. The second kappa shape index (κ2) is 11.2. The molecule has 5 aromatic heterocycles. The van der Waals surface area contributed by atoms with Crippen LogP contribution in [0.1, 0.15) is 34.9 Å². The van der Waals surface area contributed by atoms with Gasteiger partial charge in [0, 0.05) is 49.1 Å². The van der Waals surface area contributed by atoms with E-state index >= 15 is 0 Å². The molecule has 1 fully saturated rings. The van der Waals surface area contributed by atoms with Crippen LogP contribution < -0.4 is 5.32 Å². The number of hydrogen-bond acceptors (Lipinski definition) is 8. The number of carbonyl (C=O) groups is 1. The summed E-state index contributed by atoms with van der Waals surface area (Å²) >= 11 is 0. The summed E-state index contributed by atoms with van der Waals surface area (Å²) in [5.74, 6) is -1.33. The largest absolute Gasteiger partial charge is 0.451 e. The molecule has 43 heavy (non-hydrogen) atoms. The van der Waals surface area contributed by atoms with E-state index in [4.69, 9.17) is 14.5 Å². The van der Waals surface area contributed by atoms with Crippen LogP contribution in [0.3, 0.4) is 0 Å². The molecule has 6 heterocycles. The molecule has 0 saturated carbocycles. The molecule has 0 radical (unpaired) electrons. The zero-order chi connectivity index (χ0) is 29.3. The van der Waals surface area contributed by atoms with Gasteiger partial charge in [-0.3, -0.25) is 9.69 Å². The van der Waals surface area contributed by atoms with Crippen molar-refractivity contribution in [3.8, 4) is 22.6 Å². The molecule has 1 aliphatic rings. The summed E-state index contributed by atoms with van der Waals surface area (Å²) in [6, 6.07) is 12.5. The smallest absolute Gasteiger partial charge is 0.257 e. The number of oxazole rings is 1. The average Bonchev–Trinajstić information content (AvgIpc) is 3.78. The zero-order valence-corrected chi connectivity index (χ0v) is 22.8. The van der Waals surface area contributed by atoms with Crippen LogP contribution >= 0.6 is 0 Å². The molecule has 1 aliphatic heterocycles. The topological polar surface area (TPSA) is 119 Å². The van der Waals surface area contributed by atoms with E-state index in [-0.39, 0.29) is 23.2 Å². The van der Waals surface area contributed by atoms with E-state index < -0.39 is 11.9 Å². The molecule has 1 aromatic carbocycles. The monoisotopic (exact) mass is 581 g/mol. The van der Waals surface area contributed by atoms with Crippen LogP contribution in [-0.2, 0) is 6.54 Å². The second-order valence-electron chi connectivity index (χ2n) is 10.3. The lowest BCUT2D eigenvalue weighted by atomic mass is 10.0. The third-order valence-electron chi connectivity index (χ3n) is 7.52. The van der Waals surface area contributed by atoms with Gasteiger partial charge in [0.05, 0.1) is 29.6 Å². The van der Waals surface area contributed by atoms with Crippen molar-refractivity contribution in [1.29, 1.82) is 0 Å². The van der Waals surface area contributed by atoms with Gasteiger partial charge in [0.25, 0.3) is 5.91 Å².